The molecule has 5 heteroatoms. The molecule has 0 bridgehead atoms. The van der Waals surface area contributed by atoms with Crippen LogP contribution in [0.5, 0.6) is 0 Å². The molecule has 1 aromatic heterocycles. The van der Waals surface area contributed by atoms with Gasteiger partial charge in [0.25, 0.3) is 5.91 Å². The number of nitrogens with zero attached hydrogens (tertiary/aromatic N) is 1. The lowest BCUT2D eigenvalue weighted by molar-refractivity contribution is 0.0698. The smallest absolute Gasteiger partial charge is 0.256 e. The van der Waals surface area contributed by atoms with Gasteiger partial charge in [-0.3, -0.25) is 4.79 Å². The number of H-pyrrole nitrogens is 1. The zero-order valence-electron chi connectivity index (χ0n) is 12.0. The fourth-order valence-electron chi connectivity index (χ4n) is 3.12. The van der Waals surface area contributed by atoms with Crippen LogP contribution in [0.1, 0.15) is 42.5 Å². The molecule has 112 valence electrons. The molecule has 0 atom stereocenters. The van der Waals surface area contributed by atoms with Crippen molar-refractivity contribution in [1.29, 1.82) is 0 Å². The van der Waals surface area contributed by atoms with E-state index in [0.29, 0.717) is 6.04 Å². The van der Waals surface area contributed by atoms with Gasteiger partial charge in [-0.1, -0.05) is 19.3 Å². The molecule has 1 aliphatic rings. The normalized spacial score (nSPS) is 16.3. The Morgan fingerprint density at radius 1 is 1.19 bits per heavy atom. The molecule has 1 saturated carbocycles. The monoisotopic (exact) mass is 412 g/mol. The number of hydrogen-bond acceptors (Lipinski definition) is 1. The van der Waals surface area contributed by atoms with Crippen LogP contribution >= 0.6 is 31.9 Å². The Morgan fingerprint density at radius 2 is 1.86 bits per heavy atom. The zero-order valence-corrected chi connectivity index (χ0v) is 15.1. The summed E-state index contributed by atoms with van der Waals surface area (Å²) in [5, 5.41) is 0.970. The minimum absolute atomic E-state index is 0.113. The largest absolute Gasteiger partial charge is 0.360 e. The van der Waals surface area contributed by atoms with Gasteiger partial charge < -0.3 is 9.88 Å². The Balaban J connectivity index is 1.92. The van der Waals surface area contributed by atoms with Crippen molar-refractivity contribution in [2.24, 2.45) is 0 Å². The van der Waals surface area contributed by atoms with Crippen LogP contribution in [0.15, 0.2) is 27.3 Å². The predicted octanol–water partition coefficient (Wildman–Crippen LogP) is 5.10. The van der Waals surface area contributed by atoms with Crippen molar-refractivity contribution in [2.75, 3.05) is 7.05 Å². The van der Waals surface area contributed by atoms with Gasteiger partial charge in [0, 0.05) is 39.1 Å². The van der Waals surface area contributed by atoms with Gasteiger partial charge in [-0.05, 0) is 56.8 Å². The van der Waals surface area contributed by atoms with E-state index in [2.05, 4.69) is 36.8 Å². The molecule has 0 spiro atoms. The van der Waals surface area contributed by atoms with Crippen molar-refractivity contribution in [2.45, 2.75) is 38.1 Å². The molecular formula is C16H18Br2N2O. The Kier molecular flexibility index (Phi) is 4.41. The van der Waals surface area contributed by atoms with Crippen molar-refractivity contribution in [3.63, 3.8) is 0 Å². The van der Waals surface area contributed by atoms with Crippen LogP contribution in [0.25, 0.3) is 10.9 Å². The summed E-state index contributed by atoms with van der Waals surface area (Å²) in [7, 11) is 1.94. The summed E-state index contributed by atoms with van der Waals surface area (Å²) in [6, 6.07) is 4.38. The van der Waals surface area contributed by atoms with Crippen molar-refractivity contribution >= 4 is 48.7 Å². The van der Waals surface area contributed by atoms with Gasteiger partial charge in [0.05, 0.1) is 5.56 Å². The topological polar surface area (TPSA) is 36.1 Å². The second-order valence-electron chi connectivity index (χ2n) is 5.72. The highest BCUT2D eigenvalue weighted by Gasteiger charge is 2.24. The number of aromatic nitrogens is 1. The van der Waals surface area contributed by atoms with E-state index < -0.39 is 0 Å². The fourth-order valence-corrected chi connectivity index (χ4v) is 3.80. The minimum Gasteiger partial charge on any atom is -0.360 e. The number of benzene rings is 1. The maximum Gasteiger partial charge on any atom is 0.256 e. The highest BCUT2D eigenvalue weighted by Crippen LogP contribution is 2.31. The van der Waals surface area contributed by atoms with E-state index in [9.17, 15) is 4.79 Å². The van der Waals surface area contributed by atoms with E-state index in [-0.39, 0.29) is 5.91 Å². The lowest BCUT2D eigenvalue weighted by atomic mass is 9.94. The first-order valence-corrected chi connectivity index (χ1v) is 8.90. The van der Waals surface area contributed by atoms with E-state index in [4.69, 9.17) is 0 Å². The van der Waals surface area contributed by atoms with Gasteiger partial charge >= 0.3 is 0 Å². The van der Waals surface area contributed by atoms with Gasteiger partial charge in [0.2, 0.25) is 0 Å². The van der Waals surface area contributed by atoms with E-state index in [1.165, 1.54) is 19.3 Å². The Morgan fingerprint density at radius 3 is 2.57 bits per heavy atom. The summed E-state index contributed by atoms with van der Waals surface area (Å²) in [4.78, 5) is 17.9. The first kappa shape index (κ1) is 15.1. The van der Waals surface area contributed by atoms with Crippen LogP contribution in [-0.4, -0.2) is 28.9 Å². The number of fused-ring (bicyclic) bond motifs is 1. The van der Waals surface area contributed by atoms with Crippen LogP contribution in [-0.2, 0) is 0 Å². The molecule has 1 N–H and O–H groups in total. The lowest BCUT2D eigenvalue weighted by Crippen LogP contribution is -2.38. The quantitative estimate of drug-likeness (QED) is 0.730. The molecule has 0 unspecified atom stereocenters. The third kappa shape index (κ3) is 2.90. The number of rotatable bonds is 2. The van der Waals surface area contributed by atoms with E-state index in [0.717, 1.165) is 38.3 Å². The fraction of sp³-hybridized carbons (Fsp3) is 0.438. The van der Waals surface area contributed by atoms with Crippen LogP contribution in [0, 0.1) is 0 Å². The maximum absolute atomic E-state index is 12.8. The summed E-state index contributed by atoms with van der Waals surface area (Å²) in [6.07, 6.45) is 7.83. The average molecular weight is 414 g/mol. The van der Waals surface area contributed by atoms with Crippen molar-refractivity contribution < 1.29 is 4.79 Å². The summed E-state index contributed by atoms with van der Waals surface area (Å²) in [5.41, 5.74) is 1.73. The Labute approximate surface area is 141 Å². The zero-order chi connectivity index (χ0) is 15.0. The molecule has 1 fully saturated rings. The van der Waals surface area contributed by atoms with Gasteiger partial charge in [-0.25, -0.2) is 0 Å². The van der Waals surface area contributed by atoms with E-state index >= 15 is 0 Å². The second-order valence-corrected chi connectivity index (χ2v) is 7.43. The van der Waals surface area contributed by atoms with Gasteiger partial charge in [-0.15, -0.1) is 0 Å². The molecule has 1 amide bonds. The molecule has 21 heavy (non-hydrogen) atoms. The first-order valence-electron chi connectivity index (χ1n) is 7.31. The van der Waals surface area contributed by atoms with Gasteiger partial charge in [-0.2, -0.15) is 0 Å². The van der Waals surface area contributed by atoms with Crippen LogP contribution < -0.4 is 0 Å². The molecule has 0 aliphatic heterocycles. The van der Waals surface area contributed by atoms with Crippen LogP contribution in [0.3, 0.4) is 0 Å². The van der Waals surface area contributed by atoms with Crippen molar-refractivity contribution in [1.82, 2.24) is 9.88 Å². The van der Waals surface area contributed by atoms with E-state index in [1.54, 1.807) is 0 Å². The number of carbonyl (C=O) groups excluding carboxylic acids is 1. The molecule has 0 saturated heterocycles. The van der Waals surface area contributed by atoms with Crippen molar-refractivity contribution in [3.8, 4) is 0 Å². The SMILES string of the molecule is CN(C(=O)c1c[nH]c2cc(Br)c(Br)cc12)C1CCCCC1. The van der Waals surface area contributed by atoms with Gasteiger partial charge in [0.15, 0.2) is 0 Å². The van der Waals surface area contributed by atoms with Gasteiger partial charge in [0.1, 0.15) is 0 Å². The third-order valence-corrected chi connectivity index (χ3v) is 6.24. The number of amides is 1. The minimum atomic E-state index is 0.113. The molecule has 1 aliphatic carbocycles. The van der Waals surface area contributed by atoms with Crippen LogP contribution in [0.2, 0.25) is 0 Å². The molecule has 1 aromatic carbocycles. The predicted molar refractivity (Wildman–Crippen MR) is 92.7 cm³/mol. The molecule has 2 aromatic rings. The molecule has 1 heterocycles. The number of carbonyl (C=O) groups is 1. The highest BCUT2D eigenvalue weighted by molar-refractivity contribution is 9.13. The lowest BCUT2D eigenvalue weighted by Gasteiger charge is -2.31. The summed E-state index contributed by atoms with van der Waals surface area (Å²) in [5.74, 6) is 0.113. The average Bonchev–Trinajstić information content (AvgIpc) is 2.90. The third-order valence-electron chi connectivity index (χ3n) is 4.40. The highest BCUT2D eigenvalue weighted by atomic mass is 79.9. The number of hydrogen-bond donors (Lipinski definition) is 1. The number of halogens is 2. The molecular weight excluding hydrogens is 396 g/mol. The molecule has 3 nitrogen and oxygen atoms in total. The van der Waals surface area contributed by atoms with Crippen LogP contribution in [0.4, 0.5) is 0 Å². The number of aromatic amines is 1. The summed E-state index contributed by atoms with van der Waals surface area (Å²) >= 11 is 7.00. The second kappa shape index (κ2) is 6.13. The Bertz CT molecular complexity index is 674. The van der Waals surface area contributed by atoms with E-state index in [1.807, 2.05) is 30.3 Å². The van der Waals surface area contributed by atoms with Crippen molar-refractivity contribution in [3.05, 3.63) is 32.8 Å². The summed E-state index contributed by atoms with van der Waals surface area (Å²) in [6.45, 7) is 0. The molecule has 0 radical (unpaired) electrons. The standard InChI is InChI=1S/C16H18Br2N2O/c1-20(10-5-3-2-4-6-10)16(21)12-9-19-15-8-14(18)13(17)7-11(12)15/h7-10,19H,2-6H2,1H3. The maximum atomic E-state index is 12.8. The summed E-state index contributed by atoms with van der Waals surface area (Å²) < 4.78 is 1.94. The molecule has 3 rings (SSSR count). The Hall–Kier alpha value is -0.810. The number of nitrogens with one attached hydrogen (secondary N) is 1. The first-order chi connectivity index (χ1) is 10.1.